The van der Waals surface area contributed by atoms with Crippen molar-refractivity contribution in [2.45, 2.75) is 20.2 Å². The molecule has 0 aliphatic heterocycles. The minimum absolute atomic E-state index is 0.253. The molecule has 0 saturated heterocycles. The van der Waals surface area contributed by atoms with E-state index in [2.05, 4.69) is 10.1 Å². The third-order valence-electron chi connectivity index (χ3n) is 3.88. The molecule has 3 N–H and O–H groups in total. The molecule has 3 nitrogen and oxygen atoms in total. The lowest BCUT2D eigenvalue weighted by Gasteiger charge is -2.14. The van der Waals surface area contributed by atoms with Gasteiger partial charge in [0.15, 0.2) is 5.69 Å². The average Bonchev–Trinajstić information content (AvgIpc) is 2.56. The van der Waals surface area contributed by atoms with Crippen LogP contribution in [0.1, 0.15) is 11.1 Å². The van der Waals surface area contributed by atoms with Gasteiger partial charge in [0.1, 0.15) is 17.1 Å². The Labute approximate surface area is 155 Å². The first-order chi connectivity index (χ1) is 12.8. The van der Waals surface area contributed by atoms with Gasteiger partial charge in [-0.3, -0.25) is 5.32 Å². The number of rotatable bonds is 5. The van der Waals surface area contributed by atoms with Gasteiger partial charge in [-0.2, -0.15) is 0 Å². The Bertz CT molecular complexity index is 904. The number of para-hydroxylation sites is 1. The number of anilines is 2. The maximum absolute atomic E-state index is 12.6. The first-order valence-corrected chi connectivity index (χ1v) is 8.43. The lowest BCUT2D eigenvalue weighted by molar-refractivity contribution is -0.477. The summed E-state index contributed by atoms with van der Waals surface area (Å²) in [6.07, 6.45) is -4.73. The van der Waals surface area contributed by atoms with Gasteiger partial charge in [-0.25, -0.2) is 0 Å². The fourth-order valence-electron chi connectivity index (χ4n) is 2.92. The highest BCUT2D eigenvalue weighted by Gasteiger charge is 2.31. The van der Waals surface area contributed by atoms with Crippen LogP contribution in [-0.4, -0.2) is 6.36 Å². The van der Waals surface area contributed by atoms with Crippen molar-refractivity contribution in [3.05, 3.63) is 77.9 Å². The third-order valence-corrected chi connectivity index (χ3v) is 3.88. The number of alkyl halides is 3. The number of quaternary nitrogens is 1. The first kappa shape index (κ1) is 18.8. The van der Waals surface area contributed by atoms with Gasteiger partial charge in [-0.05, 0) is 49.2 Å². The van der Waals surface area contributed by atoms with Gasteiger partial charge in [0.25, 0.3) is 0 Å². The monoisotopic (exact) mass is 373 g/mol. The van der Waals surface area contributed by atoms with E-state index in [0.29, 0.717) is 11.4 Å². The van der Waals surface area contributed by atoms with Crippen LogP contribution in [-0.2, 0) is 0 Å². The van der Waals surface area contributed by atoms with Crippen LogP contribution in [0, 0.1) is 13.8 Å². The van der Waals surface area contributed by atoms with Crippen molar-refractivity contribution in [3.8, 4) is 5.75 Å². The van der Waals surface area contributed by atoms with Crippen molar-refractivity contribution in [3.63, 3.8) is 0 Å². The molecular formula is C21H20F3N2O+. The van der Waals surface area contributed by atoms with Gasteiger partial charge in [-0.1, -0.05) is 24.3 Å². The molecule has 3 aromatic carbocycles. The summed E-state index contributed by atoms with van der Waals surface area (Å²) in [6.45, 7) is 3.97. The van der Waals surface area contributed by atoms with Crippen molar-refractivity contribution in [1.29, 1.82) is 0 Å². The number of aryl methyl sites for hydroxylation is 2. The van der Waals surface area contributed by atoms with E-state index in [4.69, 9.17) is 0 Å². The quantitative estimate of drug-likeness (QED) is 0.582. The molecule has 0 heterocycles. The van der Waals surface area contributed by atoms with Gasteiger partial charge in [-0.15, -0.1) is 13.2 Å². The molecule has 140 valence electrons. The van der Waals surface area contributed by atoms with E-state index in [1.807, 2.05) is 67.7 Å². The molecule has 0 radical (unpaired) electrons. The fourth-order valence-corrected chi connectivity index (χ4v) is 2.92. The normalized spacial score (nSPS) is 11.3. The zero-order valence-corrected chi connectivity index (χ0v) is 15.0. The summed E-state index contributed by atoms with van der Waals surface area (Å²) in [5.74, 6) is -0.253. The molecule has 0 saturated carbocycles. The molecule has 0 aliphatic carbocycles. The Morgan fingerprint density at radius 1 is 0.852 bits per heavy atom. The number of benzene rings is 3. The molecule has 0 bridgehead atoms. The summed E-state index contributed by atoms with van der Waals surface area (Å²) in [6, 6.07) is 19.7. The topological polar surface area (TPSA) is 37.9 Å². The van der Waals surface area contributed by atoms with E-state index in [9.17, 15) is 13.2 Å². The summed E-state index contributed by atoms with van der Waals surface area (Å²) in [4.78, 5) is 0. The van der Waals surface area contributed by atoms with Gasteiger partial charge in [0.2, 0.25) is 0 Å². The Balaban J connectivity index is 1.96. The number of halogens is 3. The molecule has 0 spiro atoms. The maximum Gasteiger partial charge on any atom is 0.573 e. The summed E-state index contributed by atoms with van der Waals surface area (Å²) < 4.78 is 41.9. The number of nitrogens with one attached hydrogen (secondary N) is 1. The van der Waals surface area contributed by atoms with Crippen molar-refractivity contribution < 1.29 is 23.2 Å². The van der Waals surface area contributed by atoms with E-state index < -0.39 is 6.36 Å². The predicted molar refractivity (Wildman–Crippen MR) is 100 cm³/mol. The average molecular weight is 373 g/mol. The van der Waals surface area contributed by atoms with Gasteiger partial charge in [0, 0.05) is 23.9 Å². The SMILES string of the molecule is Cc1cc(C)cc([NH2+]c2cc(OC(F)(F)F)ccc2Nc2ccccc2)c1. The molecule has 0 atom stereocenters. The molecule has 27 heavy (non-hydrogen) atoms. The number of hydrogen-bond donors (Lipinski definition) is 2. The highest BCUT2D eigenvalue weighted by molar-refractivity contribution is 5.71. The van der Waals surface area contributed by atoms with E-state index >= 15 is 0 Å². The van der Waals surface area contributed by atoms with Crippen LogP contribution in [0.4, 0.5) is 35.9 Å². The van der Waals surface area contributed by atoms with Crippen molar-refractivity contribution in [1.82, 2.24) is 0 Å². The molecule has 3 aromatic rings. The largest absolute Gasteiger partial charge is 0.573 e. The number of nitrogens with two attached hydrogens (primary N) is 1. The molecule has 0 aromatic heterocycles. The highest BCUT2D eigenvalue weighted by atomic mass is 19.4. The summed E-state index contributed by atoms with van der Waals surface area (Å²) in [5.41, 5.74) is 5.22. The second-order valence-corrected chi connectivity index (χ2v) is 6.35. The molecule has 0 unspecified atom stereocenters. The van der Waals surface area contributed by atoms with Gasteiger partial charge >= 0.3 is 6.36 Å². The van der Waals surface area contributed by atoms with Crippen molar-refractivity contribution in [2.75, 3.05) is 5.32 Å². The van der Waals surface area contributed by atoms with Crippen LogP contribution in [0.2, 0.25) is 0 Å². The second-order valence-electron chi connectivity index (χ2n) is 6.35. The Morgan fingerprint density at radius 3 is 2.15 bits per heavy atom. The Hall–Kier alpha value is -2.99. The van der Waals surface area contributed by atoms with E-state index in [1.54, 1.807) is 6.07 Å². The molecule has 6 heteroatoms. The lowest BCUT2D eigenvalue weighted by Crippen LogP contribution is -2.71. The summed E-state index contributed by atoms with van der Waals surface area (Å²) >= 11 is 0. The summed E-state index contributed by atoms with van der Waals surface area (Å²) in [5, 5.41) is 5.09. The standard InChI is InChI=1S/C21H19F3N2O/c1-14-10-15(2)12-17(11-14)26-20-13-18(27-21(22,23)24)8-9-19(20)25-16-6-4-3-5-7-16/h3-13,25-26H,1-2H3/p+1. The third kappa shape index (κ3) is 5.49. The number of ether oxygens (including phenoxy) is 1. The van der Waals surface area contributed by atoms with Gasteiger partial charge in [0.05, 0.1) is 0 Å². The van der Waals surface area contributed by atoms with Crippen LogP contribution in [0.3, 0.4) is 0 Å². The Morgan fingerprint density at radius 2 is 1.52 bits per heavy atom. The van der Waals surface area contributed by atoms with Gasteiger partial charge < -0.3 is 10.1 Å². The zero-order chi connectivity index (χ0) is 19.4. The minimum Gasteiger partial charge on any atom is -0.406 e. The van der Waals surface area contributed by atoms with Crippen molar-refractivity contribution in [2.24, 2.45) is 0 Å². The summed E-state index contributed by atoms with van der Waals surface area (Å²) in [7, 11) is 0. The van der Waals surface area contributed by atoms with E-state index in [0.717, 1.165) is 22.5 Å². The van der Waals surface area contributed by atoms with E-state index in [-0.39, 0.29) is 5.75 Å². The molecule has 3 rings (SSSR count). The van der Waals surface area contributed by atoms with Crippen molar-refractivity contribution >= 4 is 22.7 Å². The molecule has 0 fully saturated rings. The van der Waals surface area contributed by atoms with Crippen LogP contribution < -0.4 is 15.4 Å². The van der Waals surface area contributed by atoms with Crippen LogP contribution in [0.15, 0.2) is 66.7 Å². The highest BCUT2D eigenvalue weighted by Crippen LogP contribution is 2.30. The van der Waals surface area contributed by atoms with Crippen LogP contribution in [0.5, 0.6) is 5.75 Å². The number of hydrogen-bond acceptors (Lipinski definition) is 2. The van der Waals surface area contributed by atoms with Crippen LogP contribution >= 0.6 is 0 Å². The molecule has 0 amide bonds. The lowest BCUT2D eigenvalue weighted by atomic mass is 10.1. The maximum atomic E-state index is 12.6. The minimum atomic E-state index is -4.73. The zero-order valence-electron chi connectivity index (χ0n) is 15.0. The Kier molecular flexibility index (Phi) is 5.37. The van der Waals surface area contributed by atoms with Crippen LogP contribution in [0.25, 0.3) is 0 Å². The smallest absolute Gasteiger partial charge is 0.406 e. The molecule has 0 aliphatic rings. The van der Waals surface area contributed by atoms with E-state index in [1.165, 1.54) is 12.1 Å². The second kappa shape index (κ2) is 7.72. The molecular weight excluding hydrogens is 353 g/mol. The fraction of sp³-hybridized carbons (Fsp3) is 0.143. The predicted octanol–water partition coefficient (Wildman–Crippen LogP) is 5.47. The first-order valence-electron chi connectivity index (χ1n) is 8.43.